The summed E-state index contributed by atoms with van der Waals surface area (Å²) in [7, 11) is 0. The van der Waals surface area contributed by atoms with Gasteiger partial charge in [0.1, 0.15) is 11.6 Å². The van der Waals surface area contributed by atoms with Crippen LogP contribution in [0.1, 0.15) is 36.8 Å². The SMILES string of the molecule is Cc1c(N)nc(C(C)C)nc1OCCc1ccccn1. The maximum absolute atomic E-state index is 5.90. The van der Waals surface area contributed by atoms with Gasteiger partial charge in [-0.25, -0.2) is 4.98 Å². The van der Waals surface area contributed by atoms with Crippen molar-refractivity contribution >= 4 is 5.82 Å². The standard InChI is InChI=1S/C15H20N4O/c1-10(2)14-18-13(16)11(3)15(19-14)20-9-7-12-6-4-5-8-17-12/h4-6,8,10H,7,9H2,1-3H3,(H2,16,18,19). The third-order valence-corrected chi connectivity index (χ3v) is 3.00. The van der Waals surface area contributed by atoms with Crippen molar-refractivity contribution in [3.8, 4) is 5.88 Å². The second kappa shape index (κ2) is 6.32. The molecule has 0 aliphatic heterocycles. The van der Waals surface area contributed by atoms with Crippen molar-refractivity contribution in [2.75, 3.05) is 12.3 Å². The molecule has 0 radical (unpaired) electrons. The Morgan fingerprint density at radius 1 is 1.25 bits per heavy atom. The zero-order chi connectivity index (χ0) is 14.5. The number of hydrogen-bond donors (Lipinski definition) is 1. The average molecular weight is 272 g/mol. The van der Waals surface area contributed by atoms with Crippen molar-refractivity contribution in [3.63, 3.8) is 0 Å². The lowest BCUT2D eigenvalue weighted by Crippen LogP contribution is -2.10. The van der Waals surface area contributed by atoms with E-state index in [0.717, 1.165) is 17.7 Å². The van der Waals surface area contributed by atoms with Crippen molar-refractivity contribution < 1.29 is 4.74 Å². The molecule has 20 heavy (non-hydrogen) atoms. The van der Waals surface area contributed by atoms with Gasteiger partial charge in [0, 0.05) is 24.2 Å². The first kappa shape index (κ1) is 14.2. The number of rotatable bonds is 5. The summed E-state index contributed by atoms with van der Waals surface area (Å²) in [5, 5.41) is 0. The molecular weight excluding hydrogens is 252 g/mol. The van der Waals surface area contributed by atoms with Gasteiger partial charge in [0.25, 0.3) is 0 Å². The van der Waals surface area contributed by atoms with Crippen LogP contribution in [-0.4, -0.2) is 21.6 Å². The Morgan fingerprint density at radius 2 is 2.05 bits per heavy atom. The molecule has 2 N–H and O–H groups in total. The molecular formula is C15H20N4O. The van der Waals surface area contributed by atoms with Crippen LogP contribution >= 0.6 is 0 Å². The van der Waals surface area contributed by atoms with Crippen molar-refractivity contribution in [2.24, 2.45) is 0 Å². The highest BCUT2D eigenvalue weighted by molar-refractivity contribution is 5.44. The molecule has 0 saturated heterocycles. The highest BCUT2D eigenvalue weighted by Gasteiger charge is 2.12. The van der Waals surface area contributed by atoms with E-state index in [1.165, 1.54) is 0 Å². The zero-order valence-corrected chi connectivity index (χ0v) is 12.1. The Labute approximate surface area is 119 Å². The van der Waals surface area contributed by atoms with E-state index in [0.29, 0.717) is 24.1 Å². The predicted octanol–water partition coefficient (Wildman–Crippen LogP) is 2.51. The lowest BCUT2D eigenvalue weighted by molar-refractivity contribution is 0.304. The van der Waals surface area contributed by atoms with Crippen LogP contribution in [0.4, 0.5) is 5.82 Å². The third kappa shape index (κ3) is 3.44. The molecule has 0 bridgehead atoms. The topological polar surface area (TPSA) is 73.9 Å². The average Bonchev–Trinajstić information content (AvgIpc) is 2.44. The fraction of sp³-hybridized carbons (Fsp3) is 0.400. The lowest BCUT2D eigenvalue weighted by atomic mass is 10.2. The van der Waals surface area contributed by atoms with Crippen LogP contribution in [0.5, 0.6) is 5.88 Å². The minimum absolute atomic E-state index is 0.219. The Morgan fingerprint density at radius 3 is 2.70 bits per heavy atom. The summed E-state index contributed by atoms with van der Waals surface area (Å²) < 4.78 is 5.74. The Bertz CT molecular complexity index is 570. The molecule has 5 nitrogen and oxygen atoms in total. The van der Waals surface area contributed by atoms with E-state index in [-0.39, 0.29) is 5.92 Å². The number of hydrogen-bond acceptors (Lipinski definition) is 5. The lowest BCUT2D eigenvalue weighted by Gasteiger charge is -2.12. The summed E-state index contributed by atoms with van der Waals surface area (Å²) in [6.45, 7) is 6.45. The number of nitrogens with two attached hydrogens (primary N) is 1. The summed E-state index contributed by atoms with van der Waals surface area (Å²) in [6.07, 6.45) is 2.52. The van der Waals surface area contributed by atoms with Crippen LogP contribution in [0.3, 0.4) is 0 Å². The molecule has 0 unspecified atom stereocenters. The quantitative estimate of drug-likeness (QED) is 0.905. The number of ether oxygens (including phenoxy) is 1. The summed E-state index contributed by atoms with van der Waals surface area (Å²) in [5.41, 5.74) is 7.68. The van der Waals surface area contributed by atoms with E-state index in [4.69, 9.17) is 10.5 Å². The first-order valence-electron chi connectivity index (χ1n) is 6.74. The van der Waals surface area contributed by atoms with Gasteiger partial charge in [0.2, 0.25) is 5.88 Å². The largest absolute Gasteiger partial charge is 0.477 e. The Balaban J connectivity index is 2.05. The van der Waals surface area contributed by atoms with Crippen molar-refractivity contribution in [3.05, 3.63) is 41.5 Å². The first-order chi connectivity index (χ1) is 9.58. The van der Waals surface area contributed by atoms with Gasteiger partial charge in [0.15, 0.2) is 0 Å². The second-order valence-electron chi connectivity index (χ2n) is 4.97. The number of aromatic nitrogens is 3. The summed E-state index contributed by atoms with van der Waals surface area (Å²) in [4.78, 5) is 13.0. The molecule has 0 saturated carbocycles. The number of anilines is 1. The van der Waals surface area contributed by atoms with Gasteiger partial charge in [-0.3, -0.25) is 4.98 Å². The fourth-order valence-electron chi connectivity index (χ4n) is 1.73. The smallest absolute Gasteiger partial charge is 0.221 e. The monoisotopic (exact) mass is 272 g/mol. The van der Waals surface area contributed by atoms with E-state index in [2.05, 4.69) is 15.0 Å². The van der Waals surface area contributed by atoms with Crippen LogP contribution in [0.25, 0.3) is 0 Å². The Hall–Kier alpha value is -2.17. The van der Waals surface area contributed by atoms with Crippen molar-refractivity contribution in [1.82, 2.24) is 15.0 Å². The van der Waals surface area contributed by atoms with Crippen LogP contribution in [-0.2, 0) is 6.42 Å². The van der Waals surface area contributed by atoms with Gasteiger partial charge in [-0.15, -0.1) is 0 Å². The second-order valence-corrected chi connectivity index (χ2v) is 4.97. The highest BCUT2D eigenvalue weighted by atomic mass is 16.5. The maximum atomic E-state index is 5.90. The van der Waals surface area contributed by atoms with Gasteiger partial charge < -0.3 is 10.5 Å². The summed E-state index contributed by atoms with van der Waals surface area (Å²) >= 11 is 0. The molecule has 2 aromatic heterocycles. The van der Waals surface area contributed by atoms with E-state index >= 15 is 0 Å². The first-order valence-corrected chi connectivity index (χ1v) is 6.74. The van der Waals surface area contributed by atoms with Crippen LogP contribution in [0.15, 0.2) is 24.4 Å². The van der Waals surface area contributed by atoms with Gasteiger partial charge in [0.05, 0.1) is 12.2 Å². The van der Waals surface area contributed by atoms with Crippen LogP contribution in [0, 0.1) is 6.92 Å². The van der Waals surface area contributed by atoms with E-state index in [1.807, 2.05) is 39.0 Å². The molecule has 2 aromatic rings. The highest BCUT2D eigenvalue weighted by Crippen LogP contribution is 2.22. The minimum Gasteiger partial charge on any atom is -0.477 e. The molecule has 0 fully saturated rings. The normalized spacial score (nSPS) is 10.8. The fourth-order valence-corrected chi connectivity index (χ4v) is 1.73. The van der Waals surface area contributed by atoms with Gasteiger partial charge in [-0.1, -0.05) is 19.9 Å². The molecule has 5 heteroatoms. The maximum Gasteiger partial charge on any atom is 0.221 e. The molecule has 2 rings (SSSR count). The molecule has 0 spiro atoms. The zero-order valence-electron chi connectivity index (χ0n) is 12.1. The van der Waals surface area contributed by atoms with Gasteiger partial charge >= 0.3 is 0 Å². The number of pyridine rings is 1. The van der Waals surface area contributed by atoms with E-state index in [9.17, 15) is 0 Å². The summed E-state index contributed by atoms with van der Waals surface area (Å²) in [6, 6.07) is 5.84. The molecule has 2 heterocycles. The third-order valence-electron chi connectivity index (χ3n) is 3.00. The van der Waals surface area contributed by atoms with Gasteiger partial charge in [-0.2, -0.15) is 4.98 Å². The van der Waals surface area contributed by atoms with Crippen molar-refractivity contribution in [1.29, 1.82) is 0 Å². The van der Waals surface area contributed by atoms with E-state index in [1.54, 1.807) is 6.20 Å². The van der Waals surface area contributed by atoms with Crippen LogP contribution < -0.4 is 10.5 Å². The molecule has 0 amide bonds. The molecule has 0 aromatic carbocycles. The Kier molecular flexibility index (Phi) is 4.50. The van der Waals surface area contributed by atoms with Crippen molar-refractivity contribution in [2.45, 2.75) is 33.1 Å². The van der Waals surface area contributed by atoms with Gasteiger partial charge in [-0.05, 0) is 19.1 Å². The number of nitrogen functional groups attached to an aromatic ring is 1. The molecule has 106 valence electrons. The number of nitrogens with zero attached hydrogens (tertiary/aromatic N) is 3. The van der Waals surface area contributed by atoms with E-state index < -0.39 is 0 Å². The molecule has 0 aliphatic carbocycles. The summed E-state index contributed by atoms with van der Waals surface area (Å²) in [5.74, 6) is 1.98. The molecule has 0 atom stereocenters. The molecule has 0 aliphatic rings. The minimum atomic E-state index is 0.219. The predicted molar refractivity (Wildman–Crippen MR) is 78.7 cm³/mol. The van der Waals surface area contributed by atoms with Crippen LogP contribution in [0.2, 0.25) is 0 Å².